The lowest BCUT2D eigenvalue weighted by atomic mass is 9.98. The summed E-state index contributed by atoms with van der Waals surface area (Å²) in [6.45, 7) is 3.02. The van der Waals surface area contributed by atoms with Crippen LogP contribution in [0.3, 0.4) is 0 Å². The smallest absolute Gasteiger partial charge is 0.334 e. The molecule has 1 N–H and O–H groups in total. The summed E-state index contributed by atoms with van der Waals surface area (Å²) in [6, 6.07) is 16.8. The molecule has 2 heterocycles. The second kappa shape index (κ2) is 7.09. The Morgan fingerprint density at radius 3 is 2.73 bits per heavy atom. The maximum absolute atomic E-state index is 11.4. The first-order chi connectivity index (χ1) is 12.6. The number of rotatable bonds is 4. The number of anilines is 1. The van der Waals surface area contributed by atoms with Gasteiger partial charge < -0.3 is 19.6 Å². The number of benzene rings is 2. The molecule has 2 aromatic rings. The molecule has 0 radical (unpaired) electrons. The zero-order chi connectivity index (χ0) is 18.1. The van der Waals surface area contributed by atoms with E-state index in [0.717, 1.165) is 31.6 Å². The minimum absolute atomic E-state index is 0.193. The molecule has 4 rings (SSSR count). The molecule has 1 fully saturated rings. The first-order valence-corrected chi connectivity index (χ1v) is 9.09. The van der Waals surface area contributed by atoms with Crippen molar-refractivity contribution >= 4 is 11.7 Å². The molecular formula is C21H24N2O3. The number of likely N-dealkylation sites (N-methyl/N-ethyl adjacent to an activating group) is 1. The molecule has 2 aliphatic heterocycles. The van der Waals surface area contributed by atoms with E-state index in [1.54, 1.807) is 0 Å². The maximum Gasteiger partial charge on any atom is 0.334 e. The van der Waals surface area contributed by atoms with Crippen molar-refractivity contribution in [1.29, 1.82) is 0 Å². The molecular weight excluding hydrogens is 328 g/mol. The summed E-state index contributed by atoms with van der Waals surface area (Å²) in [6.07, 6.45) is 0.0116. The van der Waals surface area contributed by atoms with Crippen molar-refractivity contribution in [2.45, 2.75) is 25.2 Å². The number of carboxylic acid groups (broad SMARTS) is 1. The largest absolute Gasteiger partial charge is 0.479 e. The minimum atomic E-state index is -0.889. The van der Waals surface area contributed by atoms with Crippen LogP contribution >= 0.6 is 0 Å². The Kier molecular flexibility index (Phi) is 4.66. The normalized spacial score (nSPS) is 23.0. The molecule has 0 bridgehead atoms. The van der Waals surface area contributed by atoms with E-state index in [2.05, 4.69) is 47.4 Å². The molecule has 0 amide bonds. The quantitative estimate of drug-likeness (QED) is 0.917. The summed E-state index contributed by atoms with van der Waals surface area (Å²) in [5.41, 5.74) is 4.98. The summed E-state index contributed by atoms with van der Waals surface area (Å²) in [7, 11) is 1.95. The zero-order valence-electron chi connectivity index (χ0n) is 15.0. The van der Waals surface area contributed by atoms with E-state index in [1.165, 1.54) is 16.8 Å². The lowest BCUT2D eigenvalue weighted by Gasteiger charge is -2.35. The zero-order valence-corrected chi connectivity index (χ0v) is 15.0. The molecule has 0 saturated carbocycles. The van der Waals surface area contributed by atoms with Crippen LogP contribution in [-0.2, 0) is 22.5 Å². The van der Waals surface area contributed by atoms with Crippen LogP contribution in [0.5, 0.6) is 0 Å². The van der Waals surface area contributed by atoms with Gasteiger partial charge in [0.25, 0.3) is 0 Å². The van der Waals surface area contributed by atoms with E-state index >= 15 is 0 Å². The summed E-state index contributed by atoms with van der Waals surface area (Å²) in [5, 5.41) is 9.36. The number of morpholine rings is 1. The highest BCUT2D eigenvalue weighted by Crippen LogP contribution is 2.37. The molecule has 2 unspecified atom stereocenters. The van der Waals surface area contributed by atoms with Gasteiger partial charge in [-0.15, -0.1) is 0 Å². The fraction of sp³-hybridized carbons (Fsp3) is 0.381. The number of aliphatic carboxylic acids is 1. The first-order valence-electron chi connectivity index (χ1n) is 9.09. The van der Waals surface area contributed by atoms with Crippen molar-refractivity contribution in [2.24, 2.45) is 0 Å². The van der Waals surface area contributed by atoms with E-state index in [1.807, 2.05) is 18.0 Å². The van der Waals surface area contributed by atoms with Crippen LogP contribution in [0.25, 0.3) is 0 Å². The van der Waals surface area contributed by atoms with Crippen molar-refractivity contribution in [3.8, 4) is 0 Å². The molecule has 0 aromatic heterocycles. The third-order valence-corrected chi connectivity index (χ3v) is 5.28. The number of carboxylic acids is 1. The Hall–Kier alpha value is -2.37. The van der Waals surface area contributed by atoms with Crippen LogP contribution < -0.4 is 4.90 Å². The highest BCUT2D eigenvalue weighted by atomic mass is 16.5. The van der Waals surface area contributed by atoms with Gasteiger partial charge >= 0.3 is 5.97 Å². The SMILES string of the molecule is CN1CC(C(=O)O)OC(c2cccc3c2CCN3Cc2ccccc2)C1. The number of nitrogens with zero attached hydrogens (tertiary/aromatic N) is 2. The summed E-state index contributed by atoms with van der Waals surface area (Å²) < 4.78 is 5.92. The van der Waals surface area contributed by atoms with Crippen LogP contribution in [0, 0.1) is 0 Å². The van der Waals surface area contributed by atoms with Gasteiger partial charge in [-0.05, 0) is 36.2 Å². The average molecular weight is 352 g/mol. The van der Waals surface area contributed by atoms with Crippen molar-refractivity contribution in [2.75, 3.05) is 31.6 Å². The van der Waals surface area contributed by atoms with Crippen molar-refractivity contribution in [1.82, 2.24) is 4.90 Å². The number of ether oxygens (including phenoxy) is 1. The average Bonchev–Trinajstić information content (AvgIpc) is 3.05. The Morgan fingerprint density at radius 1 is 1.15 bits per heavy atom. The lowest BCUT2D eigenvalue weighted by molar-refractivity contribution is -0.163. The fourth-order valence-electron chi connectivity index (χ4n) is 4.03. The van der Waals surface area contributed by atoms with Gasteiger partial charge in [-0.2, -0.15) is 0 Å². The molecule has 2 aromatic carbocycles. The van der Waals surface area contributed by atoms with Gasteiger partial charge in [-0.3, -0.25) is 0 Å². The molecule has 2 aliphatic rings. The van der Waals surface area contributed by atoms with Gasteiger partial charge in [0.2, 0.25) is 0 Å². The van der Waals surface area contributed by atoms with Crippen LogP contribution in [-0.4, -0.2) is 48.8 Å². The second-order valence-electron chi connectivity index (χ2n) is 7.17. The molecule has 5 heteroatoms. The van der Waals surface area contributed by atoms with Crippen LogP contribution in [0.15, 0.2) is 48.5 Å². The van der Waals surface area contributed by atoms with Crippen LogP contribution in [0.2, 0.25) is 0 Å². The number of hydrogen-bond donors (Lipinski definition) is 1. The summed E-state index contributed by atoms with van der Waals surface area (Å²) >= 11 is 0. The third-order valence-electron chi connectivity index (χ3n) is 5.28. The number of hydrogen-bond acceptors (Lipinski definition) is 4. The van der Waals surface area contributed by atoms with Gasteiger partial charge in [0.1, 0.15) is 0 Å². The number of fused-ring (bicyclic) bond motifs is 1. The molecule has 136 valence electrons. The molecule has 5 nitrogen and oxygen atoms in total. The Morgan fingerprint density at radius 2 is 1.96 bits per heavy atom. The highest BCUT2D eigenvalue weighted by Gasteiger charge is 2.34. The predicted molar refractivity (Wildman–Crippen MR) is 100 cm³/mol. The summed E-state index contributed by atoms with van der Waals surface area (Å²) in [5.74, 6) is -0.889. The van der Waals surface area contributed by atoms with E-state index in [9.17, 15) is 9.90 Å². The predicted octanol–water partition coefficient (Wildman–Crippen LogP) is 2.71. The maximum atomic E-state index is 11.4. The molecule has 26 heavy (non-hydrogen) atoms. The van der Waals surface area contributed by atoms with Crippen LogP contribution in [0.4, 0.5) is 5.69 Å². The number of carbonyl (C=O) groups is 1. The van der Waals surface area contributed by atoms with E-state index in [4.69, 9.17) is 4.74 Å². The van der Waals surface area contributed by atoms with Crippen molar-refractivity contribution in [3.05, 3.63) is 65.2 Å². The standard InChI is InChI=1S/C21H24N2O3/c1-22-13-19(26-20(14-22)21(24)25)17-8-5-9-18-16(17)10-11-23(18)12-15-6-3-2-4-7-15/h2-9,19-20H,10-14H2,1H3,(H,24,25). The second-order valence-corrected chi connectivity index (χ2v) is 7.17. The van der Waals surface area contributed by atoms with E-state index < -0.39 is 12.1 Å². The van der Waals surface area contributed by atoms with Gasteiger partial charge in [0.05, 0.1) is 6.10 Å². The van der Waals surface area contributed by atoms with Gasteiger partial charge in [0, 0.05) is 31.9 Å². The monoisotopic (exact) mass is 352 g/mol. The minimum Gasteiger partial charge on any atom is -0.479 e. The highest BCUT2D eigenvalue weighted by molar-refractivity contribution is 5.73. The lowest BCUT2D eigenvalue weighted by Crippen LogP contribution is -2.45. The first kappa shape index (κ1) is 17.1. The van der Waals surface area contributed by atoms with Gasteiger partial charge in [-0.1, -0.05) is 42.5 Å². The van der Waals surface area contributed by atoms with Crippen molar-refractivity contribution < 1.29 is 14.6 Å². The fourth-order valence-corrected chi connectivity index (χ4v) is 4.03. The Labute approximate surface area is 153 Å². The van der Waals surface area contributed by atoms with E-state index in [-0.39, 0.29) is 6.10 Å². The molecule has 0 spiro atoms. The molecule has 0 aliphatic carbocycles. The van der Waals surface area contributed by atoms with Gasteiger partial charge in [0.15, 0.2) is 6.10 Å². The molecule has 2 atom stereocenters. The Bertz CT molecular complexity index is 793. The van der Waals surface area contributed by atoms with Crippen molar-refractivity contribution in [3.63, 3.8) is 0 Å². The summed E-state index contributed by atoms with van der Waals surface area (Å²) in [4.78, 5) is 15.8. The Balaban J connectivity index is 1.59. The third kappa shape index (κ3) is 3.32. The topological polar surface area (TPSA) is 53.0 Å². The van der Waals surface area contributed by atoms with E-state index in [0.29, 0.717) is 6.54 Å². The van der Waals surface area contributed by atoms with Crippen LogP contribution in [0.1, 0.15) is 22.8 Å². The van der Waals surface area contributed by atoms with Gasteiger partial charge in [-0.25, -0.2) is 4.79 Å². The molecule has 1 saturated heterocycles.